The van der Waals surface area contributed by atoms with Gasteiger partial charge in [-0.15, -0.1) is 0 Å². The van der Waals surface area contributed by atoms with Crippen molar-refractivity contribution in [3.8, 4) is 5.75 Å². The number of benzene rings is 1. The van der Waals surface area contributed by atoms with E-state index in [9.17, 15) is 9.59 Å². The maximum atomic E-state index is 13.8. The second-order valence-electron chi connectivity index (χ2n) is 9.65. The molecule has 0 bridgehead atoms. The van der Waals surface area contributed by atoms with Gasteiger partial charge in [0.2, 0.25) is 0 Å². The van der Waals surface area contributed by atoms with Crippen LogP contribution in [0.25, 0.3) is 0 Å². The SMILES string of the molecule is CCOc1ccccc1N1CCN(C(=O)c2c(CC3CCCC3)n(CCOC)c(C)cc2=O)CC1. The summed E-state index contributed by atoms with van der Waals surface area (Å²) in [4.78, 5) is 31.1. The van der Waals surface area contributed by atoms with Gasteiger partial charge in [0.25, 0.3) is 5.91 Å². The van der Waals surface area contributed by atoms with Crippen molar-refractivity contribution in [2.75, 3.05) is 51.4 Å². The third kappa shape index (κ3) is 5.72. The molecule has 0 radical (unpaired) electrons. The van der Waals surface area contributed by atoms with Crippen molar-refractivity contribution in [3.63, 3.8) is 0 Å². The molecule has 0 atom stereocenters. The highest BCUT2D eigenvalue weighted by Crippen LogP contribution is 2.31. The molecule has 1 saturated heterocycles. The summed E-state index contributed by atoms with van der Waals surface area (Å²) in [5, 5.41) is 0. The number of nitrogens with zero attached hydrogens (tertiary/aromatic N) is 3. The maximum absolute atomic E-state index is 13.8. The monoisotopic (exact) mass is 481 g/mol. The number of pyridine rings is 1. The van der Waals surface area contributed by atoms with Crippen LogP contribution in [-0.2, 0) is 17.7 Å². The van der Waals surface area contributed by atoms with Crippen LogP contribution in [0.2, 0.25) is 0 Å². The lowest BCUT2D eigenvalue weighted by atomic mass is 9.96. The van der Waals surface area contributed by atoms with Crippen LogP contribution >= 0.6 is 0 Å². The molecule has 35 heavy (non-hydrogen) atoms. The Morgan fingerprint density at radius 1 is 1.09 bits per heavy atom. The fourth-order valence-electron chi connectivity index (χ4n) is 5.56. The minimum atomic E-state index is -0.154. The quantitative estimate of drug-likeness (QED) is 0.544. The number of piperazine rings is 1. The van der Waals surface area contributed by atoms with E-state index in [2.05, 4.69) is 15.5 Å². The van der Waals surface area contributed by atoms with E-state index < -0.39 is 0 Å². The summed E-state index contributed by atoms with van der Waals surface area (Å²) in [6, 6.07) is 9.66. The van der Waals surface area contributed by atoms with E-state index in [-0.39, 0.29) is 11.3 Å². The number of para-hydroxylation sites is 2. The Morgan fingerprint density at radius 3 is 2.49 bits per heavy atom. The van der Waals surface area contributed by atoms with E-state index in [0.717, 1.165) is 42.1 Å². The van der Waals surface area contributed by atoms with Crippen molar-refractivity contribution >= 4 is 11.6 Å². The summed E-state index contributed by atoms with van der Waals surface area (Å²) in [6.45, 7) is 8.31. The molecule has 1 aliphatic carbocycles. The minimum Gasteiger partial charge on any atom is -0.492 e. The first-order valence-corrected chi connectivity index (χ1v) is 13.0. The molecule has 2 heterocycles. The summed E-state index contributed by atoms with van der Waals surface area (Å²) in [7, 11) is 1.68. The summed E-state index contributed by atoms with van der Waals surface area (Å²) in [5.41, 5.74) is 3.06. The Labute approximate surface area is 208 Å². The normalized spacial score (nSPS) is 16.7. The molecule has 0 spiro atoms. The number of aryl methyl sites for hydroxylation is 1. The number of amides is 1. The molecule has 190 valence electrons. The third-order valence-corrected chi connectivity index (χ3v) is 7.39. The molecule has 1 aromatic heterocycles. The topological polar surface area (TPSA) is 64.0 Å². The third-order valence-electron chi connectivity index (χ3n) is 7.39. The first-order valence-electron chi connectivity index (χ1n) is 13.0. The number of carbonyl (C=O) groups excluding carboxylic acids is 1. The number of methoxy groups -OCH3 is 1. The van der Waals surface area contributed by atoms with E-state index in [1.54, 1.807) is 13.2 Å². The standard InChI is InChI=1S/C28H39N3O4/c1-4-35-26-12-8-7-11-23(26)29-13-15-30(16-14-29)28(33)27-24(20-22-9-5-6-10-22)31(17-18-34-3)21(2)19-25(27)32/h7-8,11-12,19,22H,4-6,9-10,13-18,20H2,1-3H3. The van der Waals surface area contributed by atoms with E-state index >= 15 is 0 Å². The second-order valence-corrected chi connectivity index (χ2v) is 9.65. The smallest absolute Gasteiger partial charge is 0.259 e. The average molecular weight is 482 g/mol. The molecule has 1 aliphatic heterocycles. The van der Waals surface area contributed by atoms with Crippen LogP contribution in [0.3, 0.4) is 0 Å². The summed E-state index contributed by atoms with van der Waals surface area (Å²) < 4.78 is 13.3. The Hall–Kier alpha value is -2.80. The summed E-state index contributed by atoms with van der Waals surface area (Å²) in [6.07, 6.45) is 5.57. The molecule has 7 nitrogen and oxygen atoms in total. The lowest BCUT2D eigenvalue weighted by molar-refractivity contribution is 0.0742. The van der Waals surface area contributed by atoms with Gasteiger partial charge in [-0.3, -0.25) is 9.59 Å². The van der Waals surface area contributed by atoms with Gasteiger partial charge in [-0.05, 0) is 38.3 Å². The maximum Gasteiger partial charge on any atom is 0.259 e. The van der Waals surface area contributed by atoms with Gasteiger partial charge in [-0.1, -0.05) is 37.8 Å². The first kappa shape index (κ1) is 25.3. The fraction of sp³-hybridized carbons (Fsp3) is 0.571. The number of ether oxygens (including phenoxy) is 2. The highest BCUT2D eigenvalue weighted by Gasteiger charge is 2.30. The molecule has 4 rings (SSSR count). The van der Waals surface area contributed by atoms with Crippen LogP contribution < -0.4 is 15.1 Å². The molecule has 2 aromatic rings. The van der Waals surface area contributed by atoms with Crippen molar-refractivity contribution < 1.29 is 14.3 Å². The zero-order valence-corrected chi connectivity index (χ0v) is 21.4. The first-order chi connectivity index (χ1) is 17.0. The molecule has 2 fully saturated rings. The molecule has 0 unspecified atom stereocenters. The minimum absolute atomic E-state index is 0.132. The molecule has 1 aromatic carbocycles. The molecule has 1 amide bonds. The van der Waals surface area contributed by atoms with Crippen LogP contribution in [0.15, 0.2) is 35.1 Å². The van der Waals surface area contributed by atoms with Gasteiger partial charge in [0.05, 0.1) is 18.9 Å². The predicted octanol–water partition coefficient (Wildman–Crippen LogP) is 3.90. The number of rotatable bonds is 9. The number of hydrogen-bond acceptors (Lipinski definition) is 5. The van der Waals surface area contributed by atoms with Crippen molar-refractivity contribution in [2.45, 2.75) is 52.5 Å². The number of aromatic nitrogens is 1. The van der Waals surface area contributed by atoms with Crippen LogP contribution in [0.1, 0.15) is 54.4 Å². The number of carbonyl (C=O) groups is 1. The zero-order chi connectivity index (χ0) is 24.8. The van der Waals surface area contributed by atoms with E-state index in [0.29, 0.717) is 57.4 Å². The molecular formula is C28H39N3O4. The van der Waals surface area contributed by atoms with Crippen LogP contribution in [0, 0.1) is 12.8 Å². The molecule has 2 aliphatic rings. The Kier molecular flexibility index (Phi) is 8.50. The van der Waals surface area contributed by atoms with Crippen molar-refractivity contribution in [1.82, 2.24) is 9.47 Å². The van der Waals surface area contributed by atoms with Crippen LogP contribution in [0.5, 0.6) is 5.75 Å². The number of anilines is 1. The van der Waals surface area contributed by atoms with E-state index in [4.69, 9.17) is 9.47 Å². The number of hydrogen-bond donors (Lipinski definition) is 0. The summed E-state index contributed by atoms with van der Waals surface area (Å²) >= 11 is 0. The molecule has 1 saturated carbocycles. The fourth-order valence-corrected chi connectivity index (χ4v) is 5.56. The van der Waals surface area contributed by atoms with Crippen LogP contribution in [0.4, 0.5) is 5.69 Å². The Bertz CT molecular complexity index is 1070. The predicted molar refractivity (Wildman–Crippen MR) is 139 cm³/mol. The Balaban J connectivity index is 1.58. The molecular weight excluding hydrogens is 442 g/mol. The van der Waals surface area contributed by atoms with Gasteiger partial charge in [-0.2, -0.15) is 0 Å². The van der Waals surface area contributed by atoms with Gasteiger partial charge in [0, 0.05) is 57.3 Å². The molecule has 7 heteroatoms. The summed E-state index contributed by atoms with van der Waals surface area (Å²) in [5.74, 6) is 1.27. The average Bonchev–Trinajstić information content (AvgIpc) is 3.37. The van der Waals surface area contributed by atoms with Crippen molar-refractivity contribution in [1.29, 1.82) is 0 Å². The molecule has 0 N–H and O–H groups in total. The van der Waals surface area contributed by atoms with Gasteiger partial charge in [0.15, 0.2) is 5.43 Å². The lowest BCUT2D eigenvalue weighted by Gasteiger charge is -2.37. The second kappa shape index (κ2) is 11.8. The highest BCUT2D eigenvalue weighted by atomic mass is 16.5. The van der Waals surface area contributed by atoms with E-state index in [1.165, 1.54) is 12.8 Å². The van der Waals surface area contributed by atoms with Crippen molar-refractivity contribution in [3.05, 3.63) is 57.5 Å². The van der Waals surface area contributed by atoms with Gasteiger partial charge in [0.1, 0.15) is 11.3 Å². The van der Waals surface area contributed by atoms with E-state index in [1.807, 2.05) is 36.9 Å². The van der Waals surface area contributed by atoms with Gasteiger partial charge < -0.3 is 23.8 Å². The Morgan fingerprint density at radius 2 is 1.80 bits per heavy atom. The lowest BCUT2D eigenvalue weighted by Crippen LogP contribution is -2.50. The zero-order valence-electron chi connectivity index (χ0n) is 21.4. The van der Waals surface area contributed by atoms with Crippen molar-refractivity contribution in [2.24, 2.45) is 5.92 Å². The largest absolute Gasteiger partial charge is 0.492 e. The van der Waals surface area contributed by atoms with Gasteiger partial charge in [-0.25, -0.2) is 0 Å². The van der Waals surface area contributed by atoms with Crippen LogP contribution in [-0.4, -0.2) is 61.9 Å². The highest BCUT2D eigenvalue weighted by molar-refractivity contribution is 5.95. The van der Waals surface area contributed by atoms with Gasteiger partial charge >= 0.3 is 0 Å².